The zero-order chi connectivity index (χ0) is 15.7. The summed E-state index contributed by atoms with van der Waals surface area (Å²) in [6.07, 6.45) is 5.46. The Hall–Kier alpha value is -2.20. The molecule has 0 aliphatic carbocycles. The summed E-state index contributed by atoms with van der Waals surface area (Å²) in [5, 5.41) is 0.648. The summed E-state index contributed by atoms with van der Waals surface area (Å²) in [5.74, 6) is 0.866. The van der Waals surface area contributed by atoms with Gasteiger partial charge < -0.3 is 4.90 Å². The Bertz CT molecular complexity index is 744. The lowest BCUT2D eigenvalue weighted by Gasteiger charge is -2.21. The Morgan fingerprint density at radius 3 is 2.86 bits per heavy atom. The molecule has 0 bridgehead atoms. The number of rotatable bonds is 1. The molecular weight excluding hydrogens is 298 g/mol. The van der Waals surface area contributed by atoms with Gasteiger partial charge in [0, 0.05) is 24.2 Å². The van der Waals surface area contributed by atoms with E-state index < -0.39 is 0 Å². The summed E-state index contributed by atoms with van der Waals surface area (Å²) < 4.78 is 0. The van der Waals surface area contributed by atoms with Gasteiger partial charge in [-0.25, -0.2) is 4.99 Å². The Balaban J connectivity index is 2.13. The zero-order valence-electron chi connectivity index (χ0n) is 12.5. The molecule has 112 valence electrons. The lowest BCUT2D eigenvalue weighted by molar-refractivity contribution is -0.120. The number of aliphatic imine (C=N–C) groups is 2. The van der Waals surface area contributed by atoms with Crippen molar-refractivity contribution in [1.82, 2.24) is 4.90 Å². The van der Waals surface area contributed by atoms with Crippen molar-refractivity contribution in [3.05, 3.63) is 58.8 Å². The van der Waals surface area contributed by atoms with Gasteiger partial charge in [-0.05, 0) is 17.7 Å². The molecule has 0 unspecified atom stereocenters. The molecule has 2 aliphatic rings. The molecule has 2 aliphatic heterocycles. The molecule has 0 spiro atoms. The average Bonchev–Trinajstić information content (AvgIpc) is 2.63. The number of benzene rings is 1. The molecular formula is C17H16ClN3O. The fraction of sp³-hybridized carbons (Fsp3) is 0.235. The molecule has 0 N–H and O–H groups in total. The molecule has 3 rings (SSSR count). The number of hydrogen-bond acceptors (Lipinski definition) is 2. The van der Waals surface area contributed by atoms with Crippen LogP contribution in [0.1, 0.15) is 25.0 Å². The van der Waals surface area contributed by atoms with Crippen LogP contribution in [0.3, 0.4) is 0 Å². The number of carbonyl (C=O) groups excluding carboxylic acids is 1. The largest absolute Gasteiger partial charge is 0.327 e. The van der Waals surface area contributed by atoms with Gasteiger partial charge in [-0.3, -0.25) is 4.79 Å². The quantitative estimate of drug-likeness (QED) is 0.796. The van der Waals surface area contributed by atoms with Gasteiger partial charge in [0.15, 0.2) is 5.84 Å². The van der Waals surface area contributed by atoms with Gasteiger partial charge >= 0.3 is 0 Å². The molecule has 2 heterocycles. The first-order chi connectivity index (χ1) is 10.5. The van der Waals surface area contributed by atoms with Crippen LogP contribution in [0.2, 0.25) is 0 Å². The minimum atomic E-state index is -0.170. The number of carbonyl (C=O) groups is 1. The molecule has 5 heteroatoms. The van der Waals surface area contributed by atoms with E-state index in [1.165, 1.54) is 0 Å². The van der Waals surface area contributed by atoms with E-state index in [2.05, 4.69) is 9.98 Å². The van der Waals surface area contributed by atoms with E-state index >= 15 is 0 Å². The highest BCUT2D eigenvalue weighted by Crippen LogP contribution is 2.23. The van der Waals surface area contributed by atoms with Crippen molar-refractivity contribution in [1.29, 1.82) is 0 Å². The van der Waals surface area contributed by atoms with Gasteiger partial charge in [-0.15, -0.1) is 0 Å². The number of hydrogen-bond donors (Lipinski definition) is 0. The summed E-state index contributed by atoms with van der Waals surface area (Å²) in [6.45, 7) is 4.30. The molecule has 0 saturated heterocycles. The maximum absolute atomic E-state index is 12.0. The molecule has 0 radical (unpaired) electrons. The third kappa shape index (κ3) is 2.88. The lowest BCUT2D eigenvalue weighted by Crippen LogP contribution is -2.25. The van der Waals surface area contributed by atoms with Crippen LogP contribution in [-0.4, -0.2) is 22.5 Å². The molecule has 1 aromatic carbocycles. The monoisotopic (exact) mass is 313 g/mol. The maximum Gasteiger partial charge on any atom is 0.250 e. The Morgan fingerprint density at radius 2 is 2.09 bits per heavy atom. The van der Waals surface area contributed by atoms with Crippen LogP contribution in [0.4, 0.5) is 0 Å². The molecule has 0 atom stereocenters. The van der Waals surface area contributed by atoms with Crippen LogP contribution in [0.5, 0.6) is 0 Å². The molecule has 22 heavy (non-hydrogen) atoms. The smallest absolute Gasteiger partial charge is 0.250 e. The van der Waals surface area contributed by atoms with Crippen LogP contribution in [0.25, 0.3) is 0 Å². The number of halogens is 1. The second-order valence-electron chi connectivity index (χ2n) is 5.53. The molecule has 1 aromatic rings. The number of amidine groups is 2. The first kappa shape index (κ1) is 14.7. The van der Waals surface area contributed by atoms with Crippen LogP contribution >= 0.6 is 11.6 Å². The standard InChI is InChI=1S/C17H16ClN3O/c1-11(2)17(22)20-16-14-6-4-3-5-12(14)9-21-10-13(18)7-8-15(21)19-16/h3-8,10-11H,9H2,1-2H3. The van der Waals surface area contributed by atoms with Crippen molar-refractivity contribution in [3.8, 4) is 0 Å². The van der Waals surface area contributed by atoms with E-state index in [1.807, 2.05) is 55.3 Å². The third-order valence-electron chi connectivity index (χ3n) is 3.49. The maximum atomic E-state index is 12.0. The van der Waals surface area contributed by atoms with Gasteiger partial charge in [0.25, 0.3) is 0 Å². The van der Waals surface area contributed by atoms with Gasteiger partial charge in [0.05, 0.1) is 5.03 Å². The Kier molecular flexibility index (Phi) is 3.94. The van der Waals surface area contributed by atoms with Crippen LogP contribution in [0, 0.1) is 5.92 Å². The normalized spacial score (nSPS) is 18.5. The van der Waals surface area contributed by atoms with Crippen LogP contribution in [-0.2, 0) is 11.3 Å². The molecule has 4 nitrogen and oxygen atoms in total. The Labute approximate surface area is 134 Å². The number of nitrogens with zero attached hydrogens (tertiary/aromatic N) is 3. The van der Waals surface area contributed by atoms with Gasteiger partial charge in [-0.2, -0.15) is 4.99 Å². The highest BCUT2D eigenvalue weighted by atomic mass is 35.5. The van der Waals surface area contributed by atoms with E-state index in [-0.39, 0.29) is 11.8 Å². The van der Waals surface area contributed by atoms with Crippen LogP contribution in [0.15, 0.2) is 57.6 Å². The molecule has 0 saturated carbocycles. The van der Waals surface area contributed by atoms with E-state index in [1.54, 1.807) is 6.08 Å². The summed E-state index contributed by atoms with van der Waals surface area (Å²) in [6, 6.07) is 7.86. The SMILES string of the molecule is CC(C)C(=O)N=C1N=C2C=CC(Cl)=CN2Cc2ccccc21. The second-order valence-corrected chi connectivity index (χ2v) is 5.97. The summed E-state index contributed by atoms with van der Waals surface area (Å²) in [4.78, 5) is 22.8. The Morgan fingerprint density at radius 1 is 1.32 bits per heavy atom. The van der Waals surface area contributed by atoms with Gasteiger partial charge in [0.2, 0.25) is 5.91 Å². The van der Waals surface area contributed by atoms with Gasteiger partial charge in [-0.1, -0.05) is 49.7 Å². The minimum Gasteiger partial charge on any atom is -0.327 e. The average molecular weight is 314 g/mol. The van der Waals surface area contributed by atoms with Crippen molar-refractivity contribution in [2.24, 2.45) is 15.9 Å². The van der Waals surface area contributed by atoms with E-state index in [0.29, 0.717) is 17.4 Å². The van der Waals surface area contributed by atoms with Crippen molar-refractivity contribution < 1.29 is 4.79 Å². The minimum absolute atomic E-state index is 0.157. The predicted molar refractivity (Wildman–Crippen MR) is 88.9 cm³/mol. The second kappa shape index (κ2) is 5.89. The van der Waals surface area contributed by atoms with Crippen molar-refractivity contribution in [2.75, 3.05) is 0 Å². The van der Waals surface area contributed by atoms with Crippen molar-refractivity contribution in [3.63, 3.8) is 0 Å². The number of allylic oxidation sites excluding steroid dienone is 2. The summed E-state index contributed by atoms with van der Waals surface area (Å²) in [5.41, 5.74) is 1.95. The van der Waals surface area contributed by atoms with Crippen molar-refractivity contribution in [2.45, 2.75) is 20.4 Å². The zero-order valence-corrected chi connectivity index (χ0v) is 13.2. The number of amides is 1. The molecule has 1 amide bonds. The fourth-order valence-corrected chi connectivity index (χ4v) is 2.46. The summed E-state index contributed by atoms with van der Waals surface area (Å²) in [7, 11) is 0. The molecule has 0 aromatic heterocycles. The predicted octanol–water partition coefficient (Wildman–Crippen LogP) is 3.48. The molecule has 0 fully saturated rings. The van der Waals surface area contributed by atoms with E-state index in [4.69, 9.17) is 11.6 Å². The topological polar surface area (TPSA) is 45.0 Å². The highest BCUT2D eigenvalue weighted by molar-refractivity contribution is 6.32. The van der Waals surface area contributed by atoms with E-state index in [0.717, 1.165) is 17.0 Å². The van der Waals surface area contributed by atoms with E-state index in [9.17, 15) is 4.79 Å². The first-order valence-corrected chi connectivity index (χ1v) is 7.54. The summed E-state index contributed by atoms with van der Waals surface area (Å²) >= 11 is 6.07. The lowest BCUT2D eigenvalue weighted by atomic mass is 10.1. The fourth-order valence-electron chi connectivity index (χ4n) is 2.28. The first-order valence-electron chi connectivity index (χ1n) is 7.16. The van der Waals surface area contributed by atoms with Crippen LogP contribution < -0.4 is 0 Å². The van der Waals surface area contributed by atoms with Gasteiger partial charge in [0.1, 0.15) is 5.84 Å². The van der Waals surface area contributed by atoms with Crippen molar-refractivity contribution >= 4 is 29.2 Å². The highest BCUT2D eigenvalue weighted by Gasteiger charge is 2.21. The third-order valence-corrected chi connectivity index (χ3v) is 3.72. The number of fused-ring (bicyclic) bond motifs is 2.